The van der Waals surface area contributed by atoms with Crippen molar-refractivity contribution in [2.24, 2.45) is 0 Å². The van der Waals surface area contributed by atoms with E-state index < -0.39 is 0 Å². The molecule has 0 aromatic carbocycles. The molecule has 0 N–H and O–H groups in total. The summed E-state index contributed by atoms with van der Waals surface area (Å²) in [4.78, 5) is 17.1. The predicted octanol–water partition coefficient (Wildman–Crippen LogP) is 0.958. The number of amides is 1. The van der Waals surface area contributed by atoms with Gasteiger partial charge in [-0.2, -0.15) is 5.26 Å². The van der Waals surface area contributed by atoms with Gasteiger partial charge in [0.2, 0.25) is 5.91 Å². The Morgan fingerprint density at radius 3 is 2.76 bits per heavy atom. The average molecular weight is 249 g/mol. The fourth-order valence-electron chi connectivity index (χ4n) is 1.93. The number of hydrogen-bond acceptors (Lipinski definition) is 4. The first-order valence-electron chi connectivity index (χ1n) is 5.69. The Kier molecular flexibility index (Phi) is 4.13. The van der Waals surface area contributed by atoms with Gasteiger partial charge in [-0.25, -0.2) is 0 Å². The molecule has 4 nitrogen and oxygen atoms in total. The third-order valence-corrected chi connectivity index (χ3v) is 3.80. The Balaban J connectivity index is 1.80. The highest BCUT2D eigenvalue weighted by molar-refractivity contribution is 7.10. The first-order chi connectivity index (χ1) is 8.29. The highest BCUT2D eigenvalue weighted by Gasteiger charge is 2.20. The molecule has 0 saturated carbocycles. The molecule has 1 saturated heterocycles. The molecule has 5 heteroatoms. The molecule has 0 unspecified atom stereocenters. The molecule has 0 aliphatic carbocycles. The van der Waals surface area contributed by atoms with Gasteiger partial charge in [0, 0.05) is 31.1 Å². The SMILES string of the molecule is N#CCN1CCN(C(=O)Cc2cccs2)CC1. The fourth-order valence-corrected chi connectivity index (χ4v) is 2.63. The zero-order valence-corrected chi connectivity index (χ0v) is 10.4. The molecule has 2 heterocycles. The van der Waals surface area contributed by atoms with Crippen LogP contribution in [0.2, 0.25) is 0 Å². The first kappa shape index (κ1) is 12.1. The quantitative estimate of drug-likeness (QED) is 0.750. The van der Waals surface area contributed by atoms with Gasteiger partial charge in [0.1, 0.15) is 0 Å². The van der Waals surface area contributed by atoms with Crippen LogP contribution in [0.3, 0.4) is 0 Å². The zero-order valence-electron chi connectivity index (χ0n) is 9.63. The van der Waals surface area contributed by atoms with Gasteiger partial charge in [0.25, 0.3) is 0 Å². The van der Waals surface area contributed by atoms with Crippen molar-refractivity contribution in [3.05, 3.63) is 22.4 Å². The lowest BCUT2D eigenvalue weighted by atomic mass is 10.2. The predicted molar refractivity (Wildman–Crippen MR) is 66.7 cm³/mol. The second-order valence-electron chi connectivity index (χ2n) is 4.07. The molecule has 1 aliphatic rings. The number of nitrogens with zero attached hydrogens (tertiary/aromatic N) is 3. The van der Waals surface area contributed by atoms with Crippen molar-refractivity contribution in [2.45, 2.75) is 6.42 Å². The smallest absolute Gasteiger partial charge is 0.227 e. The van der Waals surface area contributed by atoms with Gasteiger partial charge in [-0.05, 0) is 11.4 Å². The van der Waals surface area contributed by atoms with Gasteiger partial charge in [-0.1, -0.05) is 6.07 Å². The highest BCUT2D eigenvalue weighted by atomic mass is 32.1. The normalized spacial score (nSPS) is 16.8. The molecule has 0 atom stereocenters. The molecule has 0 bridgehead atoms. The van der Waals surface area contributed by atoms with Crippen LogP contribution in [-0.2, 0) is 11.2 Å². The maximum Gasteiger partial charge on any atom is 0.227 e. The molecule has 90 valence electrons. The van der Waals surface area contributed by atoms with Crippen molar-refractivity contribution in [1.82, 2.24) is 9.80 Å². The lowest BCUT2D eigenvalue weighted by Gasteiger charge is -2.33. The summed E-state index contributed by atoms with van der Waals surface area (Å²) in [5, 5.41) is 10.6. The van der Waals surface area contributed by atoms with Gasteiger partial charge in [0.05, 0.1) is 19.0 Å². The van der Waals surface area contributed by atoms with E-state index in [9.17, 15) is 4.79 Å². The summed E-state index contributed by atoms with van der Waals surface area (Å²) in [5.74, 6) is 0.198. The molecule has 0 spiro atoms. The van der Waals surface area contributed by atoms with Gasteiger partial charge < -0.3 is 4.90 Å². The van der Waals surface area contributed by atoms with Crippen molar-refractivity contribution in [3.8, 4) is 6.07 Å². The molecule has 1 aliphatic heterocycles. The summed E-state index contributed by atoms with van der Waals surface area (Å²) >= 11 is 1.62. The number of carbonyl (C=O) groups excluding carboxylic acids is 1. The number of rotatable bonds is 3. The fraction of sp³-hybridized carbons (Fsp3) is 0.500. The van der Waals surface area contributed by atoms with Crippen LogP contribution in [0.15, 0.2) is 17.5 Å². The van der Waals surface area contributed by atoms with E-state index in [0.717, 1.165) is 31.1 Å². The molecule has 17 heavy (non-hydrogen) atoms. The summed E-state index contributed by atoms with van der Waals surface area (Å²) in [5.41, 5.74) is 0. The van der Waals surface area contributed by atoms with Crippen molar-refractivity contribution >= 4 is 17.2 Å². The van der Waals surface area contributed by atoms with Crippen LogP contribution in [0.1, 0.15) is 4.88 Å². The van der Waals surface area contributed by atoms with Gasteiger partial charge >= 0.3 is 0 Å². The Labute approximate surface area is 105 Å². The standard InChI is InChI=1S/C12H15N3OS/c13-3-4-14-5-7-15(8-6-14)12(16)10-11-2-1-9-17-11/h1-2,9H,4-8,10H2. The molecular formula is C12H15N3OS. The summed E-state index contributed by atoms with van der Waals surface area (Å²) < 4.78 is 0. The van der Waals surface area contributed by atoms with E-state index in [1.54, 1.807) is 11.3 Å². The maximum absolute atomic E-state index is 12.0. The largest absolute Gasteiger partial charge is 0.340 e. The Hall–Kier alpha value is -1.38. The topological polar surface area (TPSA) is 47.3 Å². The van der Waals surface area contributed by atoms with Crippen LogP contribution >= 0.6 is 11.3 Å². The van der Waals surface area contributed by atoms with Gasteiger partial charge in [-0.15, -0.1) is 11.3 Å². The molecule has 1 aromatic heterocycles. The van der Waals surface area contributed by atoms with E-state index in [2.05, 4.69) is 11.0 Å². The van der Waals surface area contributed by atoms with Crippen LogP contribution in [0.5, 0.6) is 0 Å². The second-order valence-corrected chi connectivity index (χ2v) is 5.10. The van der Waals surface area contributed by atoms with Gasteiger partial charge in [-0.3, -0.25) is 9.69 Å². The second kappa shape index (κ2) is 5.80. The third-order valence-electron chi connectivity index (χ3n) is 2.92. The van der Waals surface area contributed by atoms with E-state index in [0.29, 0.717) is 13.0 Å². The summed E-state index contributed by atoms with van der Waals surface area (Å²) in [6.07, 6.45) is 0.510. The Morgan fingerprint density at radius 2 is 2.18 bits per heavy atom. The average Bonchev–Trinajstić information content (AvgIpc) is 2.83. The summed E-state index contributed by atoms with van der Waals surface area (Å²) in [7, 11) is 0. The van der Waals surface area contributed by atoms with Crippen LogP contribution in [0.4, 0.5) is 0 Å². The number of thiophene rings is 1. The molecule has 1 fully saturated rings. The van der Waals surface area contributed by atoms with Crippen LogP contribution in [0.25, 0.3) is 0 Å². The molecular weight excluding hydrogens is 234 g/mol. The van der Waals surface area contributed by atoms with E-state index in [1.165, 1.54) is 0 Å². The minimum Gasteiger partial charge on any atom is -0.340 e. The summed E-state index contributed by atoms with van der Waals surface area (Å²) in [6.45, 7) is 3.57. The van der Waals surface area contributed by atoms with Crippen LogP contribution < -0.4 is 0 Å². The van der Waals surface area contributed by atoms with Crippen molar-refractivity contribution in [3.63, 3.8) is 0 Å². The number of nitriles is 1. The third kappa shape index (κ3) is 3.29. The van der Waals surface area contributed by atoms with Crippen molar-refractivity contribution in [2.75, 3.05) is 32.7 Å². The van der Waals surface area contributed by atoms with E-state index in [1.807, 2.05) is 22.4 Å². The lowest BCUT2D eigenvalue weighted by Crippen LogP contribution is -2.49. The molecule has 2 rings (SSSR count). The monoisotopic (exact) mass is 249 g/mol. The molecule has 0 radical (unpaired) electrons. The minimum absolute atomic E-state index is 0.198. The van der Waals surface area contributed by atoms with Crippen LogP contribution in [0, 0.1) is 11.3 Å². The lowest BCUT2D eigenvalue weighted by molar-refractivity contribution is -0.132. The Bertz CT molecular complexity index is 402. The first-order valence-corrected chi connectivity index (χ1v) is 6.57. The van der Waals surface area contributed by atoms with Gasteiger partial charge in [0.15, 0.2) is 0 Å². The maximum atomic E-state index is 12.0. The van der Waals surface area contributed by atoms with E-state index in [-0.39, 0.29) is 5.91 Å². The number of piperazine rings is 1. The number of carbonyl (C=O) groups is 1. The number of hydrogen-bond donors (Lipinski definition) is 0. The highest BCUT2D eigenvalue weighted by Crippen LogP contribution is 2.11. The molecule has 1 aromatic rings. The molecule has 1 amide bonds. The summed E-state index contributed by atoms with van der Waals surface area (Å²) in [6, 6.07) is 6.11. The zero-order chi connectivity index (χ0) is 12.1. The van der Waals surface area contributed by atoms with Crippen molar-refractivity contribution in [1.29, 1.82) is 5.26 Å². The Morgan fingerprint density at radius 1 is 1.41 bits per heavy atom. The van der Waals surface area contributed by atoms with Crippen LogP contribution in [-0.4, -0.2) is 48.4 Å². The van der Waals surface area contributed by atoms with Crippen molar-refractivity contribution < 1.29 is 4.79 Å². The minimum atomic E-state index is 0.198. The van der Waals surface area contributed by atoms with E-state index in [4.69, 9.17) is 5.26 Å². The van der Waals surface area contributed by atoms with E-state index >= 15 is 0 Å².